The summed E-state index contributed by atoms with van der Waals surface area (Å²) in [6, 6.07) is 7.37. The van der Waals surface area contributed by atoms with Crippen LogP contribution in [0.1, 0.15) is 35.6 Å². The highest BCUT2D eigenvalue weighted by atomic mass is 16.2. The molecule has 106 valence electrons. The minimum absolute atomic E-state index is 0.170. The molecule has 0 aliphatic heterocycles. The molecule has 0 fully saturated rings. The Kier molecular flexibility index (Phi) is 4.08. The molecule has 0 atom stereocenters. The van der Waals surface area contributed by atoms with Crippen LogP contribution in [0.3, 0.4) is 0 Å². The minimum atomic E-state index is -0.170. The van der Waals surface area contributed by atoms with Gasteiger partial charge in [-0.3, -0.25) is 9.48 Å². The van der Waals surface area contributed by atoms with E-state index >= 15 is 0 Å². The maximum Gasteiger partial charge on any atom is 0.273 e. The van der Waals surface area contributed by atoms with Crippen LogP contribution in [0.2, 0.25) is 0 Å². The Morgan fingerprint density at radius 1 is 1.35 bits per heavy atom. The van der Waals surface area contributed by atoms with Crippen molar-refractivity contribution in [2.45, 2.75) is 33.7 Å². The number of nitrogens with one attached hydrogen (secondary N) is 1. The number of aromatic nitrogens is 2. The smallest absolute Gasteiger partial charge is 0.273 e. The molecule has 2 aromatic rings. The van der Waals surface area contributed by atoms with Gasteiger partial charge in [-0.1, -0.05) is 13.0 Å². The highest BCUT2D eigenvalue weighted by molar-refractivity contribution is 6.03. The maximum atomic E-state index is 12.3. The molecule has 0 bridgehead atoms. The third-order valence-corrected chi connectivity index (χ3v) is 3.22. The van der Waals surface area contributed by atoms with Gasteiger partial charge in [-0.15, -0.1) is 0 Å². The van der Waals surface area contributed by atoms with Gasteiger partial charge < -0.3 is 11.1 Å². The third kappa shape index (κ3) is 2.82. The number of anilines is 2. The predicted octanol–water partition coefficient (Wildman–Crippen LogP) is 2.61. The van der Waals surface area contributed by atoms with Crippen LogP contribution in [-0.4, -0.2) is 15.7 Å². The second-order valence-corrected chi connectivity index (χ2v) is 4.71. The van der Waals surface area contributed by atoms with Crippen LogP contribution in [-0.2, 0) is 13.0 Å². The van der Waals surface area contributed by atoms with Crippen molar-refractivity contribution in [2.24, 2.45) is 0 Å². The van der Waals surface area contributed by atoms with E-state index in [-0.39, 0.29) is 5.91 Å². The summed E-state index contributed by atoms with van der Waals surface area (Å²) in [6.45, 7) is 6.54. The number of carbonyl (C=O) groups excluding carboxylic acids is 1. The fourth-order valence-electron chi connectivity index (χ4n) is 2.16. The first-order chi connectivity index (χ1) is 9.55. The molecule has 20 heavy (non-hydrogen) atoms. The highest BCUT2D eigenvalue weighted by Gasteiger charge is 2.13. The van der Waals surface area contributed by atoms with E-state index in [4.69, 9.17) is 5.73 Å². The number of benzene rings is 1. The van der Waals surface area contributed by atoms with Crippen molar-refractivity contribution in [3.05, 3.63) is 41.2 Å². The summed E-state index contributed by atoms with van der Waals surface area (Å²) in [4.78, 5) is 12.3. The molecule has 1 aromatic heterocycles. The van der Waals surface area contributed by atoms with Gasteiger partial charge >= 0.3 is 0 Å². The van der Waals surface area contributed by atoms with Gasteiger partial charge in [0.15, 0.2) is 0 Å². The number of aryl methyl sites for hydroxylation is 3. The second kappa shape index (κ2) is 5.77. The molecule has 1 heterocycles. The fourth-order valence-corrected chi connectivity index (χ4v) is 2.16. The van der Waals surface area contributed by atoms with E-state index in [0.717, 1.165) is 17.7 Å². The highest BCUT2D eigenvalue weighted by Crippen LogP contribution is 2.19. The van der Waals surface area contributed by atoms with Crippen LogP contribution in [0.25, 0.3) is 0 Å². The number of nitrogen functional groups attached to an aromatic ring is 1. The zero-order chi connectivity index (χ0) is 14.7. The molecule has 0 radical (unpaired) electrons. The lowest BCUT2D eigenvalue weighted by molar-refractivity contribution is 0.101. The summed E-state index contributed by atoms with van der Waals surface area (Å²) in [5.74, 6) is -0.170. The Bertz CT molecular complexity index is 631. The summed E-state index contributed by atoms with van der Waals surface area (Å²) >= 11 is 0. The summed E-state index contributed by atoms with van der Waals surface area (Å²) in [6.07, 6.45) is 0.877. The molecule has 5 nitrogen and oxygen atoms in total. The molecule has 0 unspecified atom stereocenters. The van der Waals surface area contributed by atoms with Crippen molar-refractivity contribution in [3.8, 4) is 0 Å². The zero-order valence-electron chi connectivity index (χ0n) is 12.1. The molecule has 0 aliphatic rings. The Morgan fingerprint density at radius 3 is 2.70 bits per heavy atom. The Morgan fingerprint density at radius 2 is 2.10 bits per heavy atom. The number of nitrogens with two attached hydrogens (primary N) is 1. The van der Waals surface area contributed by atoms with Gasteiger partial charge in [-0.2, -0.15) is 5.10 Å². The average molecular weight is 272 g/mol. The first-order valence-corrected chi connectivity index (χ1v) is 6.79. The molecule has 0 saturated carbocycles. The van der Waals surface area contributed by atoms with E-state index in [1.807, 2.05) is 32.9 Å². The standard InChI is InChI=1S/C15H20N4O/c1-4-11-6-7-12(9-13(11)16)17-15(20)14-8-10(3)18-19(14)5-2/h6-9H,4-5,16H2,1-3H3,(H,17,20). The Balaban J connectivity index is 2.21. The molecule has 1 aromatic carbocycles. The predicted molar refractivity (Wildman–Crippen MR) is 80.8 cm³/mol. The number of amides is 1. The molecule has 0 saturated heterocycles. The molecule has 5 heteroatoms. The van der Waals surface area contributed by atoms with Crippen molar-refractivity contribution in [1.29, 1.82) is 0 Å². The van der Waals surface area contributed by atoms with Crippen molar-refractivity contribution in [2.75, 3.05) is 11.1 Å². The first kappa shape index (κ1) is 14.1. The largest absolute Gasteiger partial charge is 0.398 e. The Hall–Kier alpha value is -2.30. The molecule has 0 aliphatic carbocycles. The number of nitrogens with zero attached hydrogens (tertiary/aromatic N) is 2. The SMILES string of the molecule is CCc1ccc(NC(=O)c2cc(C)nn2CC)cc1N. The molecule has 2 rings (SSSR count). The molecule has 1 amide bonds. The lowest BCUT2D eigenvalue weighted by Crippen LogP contribution is -2.17. The number of hydrogen-bond acceptors (Lipinski definition) is 3. The van der Waals surface area contributed by atoms with Gasteiger partial charge in [0.1, 0.15) is 5.69 Å². The zero-order valence-corrected chi connectivity index (χ0v) is 12.1. The van der Waals surface area contributed by atoms with Crippen molar-refractivity contribution in [1.82, 2.24) is 9.78 Å². The van der Waals surface area contributed by atoms with Crippen molar-refractivity contribution in [3.63, 3.8) is 0 Å². The van der Waals surface area contributed by atoms with Gasteiger partial charge in [-0.25, -0.2) is 0 Å². The van der Waals surface area contributed by atoms with Crippen LogP contribution in [0.15, 0.2) is 24.3 Å². The normalized spacial score (nSPS) is 10.6. The third-order valence-electron chi connectivity index (χ3n) is 3.22. The van der Waals surface area contributed by atoms with E-state index < -0.39 is 0 Å². The number of rotatable bonds is 4. The van der Waals surface area contributed by atoms with E-state index in [1.54, 1.807) is 16.8 Å². The second-order valence-electron chi connectivity index (χ2n) is 4.71. The molecular formula is C15H20N4O. The van der Waals surface area contributed by atoms with Crippen molar-refractivity contribution >= 4 is 17.3 Å². The van der Waals surface area contributed by atoms with Gasteiger partial charge in [0, 0.05) is 17.9 Å². The molecule has 0 spiro atoms. The van der Waals surface area contributed by atoms with Gasteiger partial charge in [0.05, 0.1) is 5.69 Å². The lowest BCUT2D eigenvalue weighted by Gasteiger charge is -2.09. The van der Waals surface area contributed by atoms with E-state index in [9.17, 15) is 4.79 Å². The van der Waals surface area contributed by atoms with E-state index in [0.29, 0.717) is 23.6 Å². The van der Waals surface area contributed by atoms with Crippen LogP contribution in [0.5, 0.6) is 0 Å². The average Bonchev–Trinajstić information content (AvgIpc) is 2.80. The quantitative estimate of drug-likeness (QED) is 0.840. The minimum Gasteiger partial charge on any atom is -0.398 e. The van der Waals surface area contributed by atoms with E-state index in [2.05, 4.69) is 10.4 Å². The number of carbonyl (C=O) groups is 1. The summed E-state index contributed by atoms with van der Waals surface area (Å²) in [7, 11) is 0. The van der Waals surface area contributed by atoms with Crippen LogP contribution in [0.4, 0.5) is 11.4 Å². The van der Waals surface area contributed by atoms with Crippen LogP contribution < -0.4 is 11.1 Å². The Labute approximate surface area is 118 Å². The first-order valence-electron chi connectivity index (χ1n) is 6.79. The monoisotopic (exact) mass is 272 g/mol. The van der Waals surface area contributed by atoms with Crippen molar-refractivity contribution < 1.29 is 4.79 Å². The summed E-state index contributed by atoms with van der Waals surface area (Å²) in [5, 5.41) is 7.13. The van der Waals surface area contributed by atoms with Crippen LogP contribution in [0, 0.1) is 6.92 Å². The molecular weight excluding hydrogens is 252 g/mol. The summed E-state index contributed by atoms with van der Waals surface area (Å²) < 4.78 is 1.69. The van der Waals surface area contributed by atoms with Gasteiger partial charge in [0.25, 0.3) is 5.91 Å². The topological polar surface area (TPSA) is 72.9 Å². The van der Waals surface area contributed by atoms with E-state index in [1.165, 1.54) is 0 Å². The molecule has 3 N–H and O–H groups in total. The van der Waals surface area contributed by atoms with Crippen LogP contribution >= 0.6 is 0 Å². The number of hydrogen-bond donors (Lipinski definition) is 2. The lowest BCUT2D eigenvalue weighted by atomic mass is 10.1. The maximum absolute atomic E-state index is 12.3. The summed E-state index contributed by atoms with van der Waals surface area (Å²) in [5.41, 5.74) is 9.81. The van der Waals surface area contributed by atoms with Gasteiger partial charge in [0.2, 0.25) is 0 Å². The fraction of sp³-hybridized carbons (Fsp3) is 0.333. The van der Waals surface area contributed by atoms with Gasteiger partial charge in [-0.05, 0) is 44.0 Å².